The second-order valence-corrected chi connectivity index (χ2v) is 6.22. The highest BCUT2D eigenvalue weighted by Crippen LogP contribution is 2.19. The summed E-state index contributed by atoms with van der Waals surface area (Å²) >= 11 is 0. The highest BCUT2D eigenvalue weighted by Gasteiger charge is 2.31. The summed E-state index contributed by atoms with van der Waals surface area (Å²) in [6.07, 6.45) is 3.22. The van der Waals surface area contributed by atoms with Gasteiger partial charge >= 0.3 is 0 Å². The summed E-state index contributed by atoms with van der Waals surface area (Å²) in [5, 5.41) is 6.14. The topological polar surface area (TPSA) is 70.7 Å². The van der Waals surface area contributed by atoms with Gasteiger partial charge in [0.25, 0.3) is 0 Å². The fourth-order valence-electron chi connectivity index (χ4n) is 2.67. The van der Waals surface area contributed by atoms with Gasteiger partial charge in [0.05, 0.1) is 6.61 Å². The molecule has 1 fully saturated rings. The van der Waals surface area contributed by atoms with Crippen LogP contribution in [0.3, 0.4) is 0 Å². The first-order chi connectivity index (χ1) is 10.6. The summed E-state index contributed by atoms with van der Waals surface area (Å²) in [4.78, 5) is 26.3. The van der Waals surface area contributed by atoms with E-state index < -0.39 is 0 Å². The van der Waals surface area contributed by atoms with Crippen LogP contribution in [0.2, 0.25) is 0 Å². The second-order valence-electron chi connectivity index (χ2n) is 6.22. The lowest BCUT2D eigenvalue weighted by Gasteiger charge is -2.34. The van der Waals surface area contributed by atoms with Gasteiger partial charge in [-0.15, -0.1) is 0 Å². The molecule has 1 aliphatic heterocycles. The number of rotatable bonds is 10. The molecule has 0 saturated carbocycles. The quantitative estimate of drug-likeness (QED) is 0.584. The highest BCUT2D eigenvalue weighted by molar-refractivity contribution is 5.88. The van der Waals surface area contributed by atoms with Gasteiger partial charge in [0.1, 0.15) is 6.04 Å². The number of likely N-dealkylation sites (tertiary alicyclic amines) is 1. The van der Waals surface area contributed by atoms with Crippen LogP contribution in [0.5, 0.6) is 0 Å². The number of methoxy groups -OCH3 is 1. The predicted molar refractivity (Wildman–Crippen MR) is 86.6 cm³/mol. The van der Waals surface area contributed by atoms with Crippen molar-refractivity contribution in [2.24, 2.45) is 5.92 Å². The normalized spacial score (nSPS) is 16.9. The number of amides is 2. The molecule has 1 unspecified atom stereocenters. The SMILES string of the molecule is COCCNCCNC(=O)C(CC(C)C)N1CCCCC1=O. The first-order valence-electron chi connectivity index (χ1n) is 8.33. The standard InChI is InChI=1S/C16H31N3O3/c1-13(2)12-14(19-10-5-4-6-15(19)20)16(21)18-8-7-17-9-11-22-3/h13-14,17H,4-12H2,1-3H3,(H,18,21). The van der Waals surface area contributed by atoms with E-state index in [0.29, 0.717) is 45.0 Å². The first-order valence-corrected chi connectivity index (χ1v) is 8.33. The molecular formula is C16H31N3O3. The molecule has 1 aliphatic rings. The zero-order valence-electron chi connectivity index (χ0n) is 14.2. The van der Waals surface area contributed by atoms with Gasteiger partial charge in [-0.2, -0.15) is 0 Å². The molecule has 0 aliphatic carbocycles. The average Bonchev–Trinajstić information content (AvgIpc) is 2.49. The fourth-order valence-corrected chi connectivity index (χ4v) is 2.67. The van der Waals surface area contributed by atoms with Crippen LogP contribution in [0.15, 0.2) is 0 Å². The Hall–Kier alpha value is -1.14. The zero-order valence-corrected chi connectivity index (χ0v) is 14.2. The molecule has 2 amide bonds. The van der Waals surface area contributed by atoms with Crippen LogP contribution in [-0.2, 0) is 14.3 Å². The van der Waals surface area contributed by atoms with Gasteiger partial charge < -0.3 is 20.3 Å². The number of nitrogens with one attached hydrogen (secondary N) is 2. The molecule has 22 heavy (non-hydrogen) atoms. The molecule has 128 valence electrons. The molecule has 6 nitrogen and oxygen atoms in total. The van der Waals surface area contributed by atoms with Gasteiger partial charge in [-0.05, 0) is 25.2 Å². The van der Waals surface area contributed by atoms with Crippen molar-refractivity contribution in [2.45, 2.75) is 45.6 Å². The molecule has 0 spiro atoms. The Morgan fingerprint density at radius 2 is 2.05 bits per heavy atom. The van der Waals surface area contributed by atoms with Gasteiger partial charge in [-0.3, -0.25) is 9.59 Å². The number of nitrogens with zero attached hydrogens (tertiary/aromatic N) is 1. The maximum Gasteiger partial charge on any atom is 0.242 e. The van der Waals surface area contributed by atoms with E-state index in [9.17, 15) is 9.59 Å². The Kier molecular flexibility index (Phi) is 9.08. The molecule has 0 radical (unpaired) electrons. The lowest BCUT2D eigenvalue weighted by molar-refractivity contribution is -0.143. The number of hydrogen-bond donors (Lipinski definition) is 2. The van der Waals surface area contributed by atoms with Crippen LogP contribution in [0.4, 0.5) is 0 Å². The molecule has 0 aromatic carbocycles. The van der Waals surface area contributed by atoms with Crippen molar-refractivity contribution in [3.63, 3.8) is 0 Å². The number of hydrogen-bond acceptors (Lipinski definition) is 4. The van der Waals surface area contributed by atoms with Crippen molar-refractivity contribution >= 4 is 11.8 Å². The molecule has 0 bridgehead atoms. The Balaban J connectivity index is 2.44. The predicted octanol–water partition coefficient (Wildman–Crippen LogP) is 0.766. The van der Waals surface area contributed by atoms with E-state index in [1.54, 1.807) is 12.0 Å². The number of carbonyl (C=O) groups excluding carboxylic acids is 2. The van der Waals surface area contributed by atoms with Crippen LogP contribution in [-0.4, -0.2) is 62.7 Å². The third kappa shape index (κ3) is 6.75. The Morgan fingerprint density at radius 3 is 2.68 bits per heavy atom. The van der Waals surface area contributed by atoms with Crippen molar-refractivity contribution in [3.05, 3.63) is 0 Å². The highest BCUT2D eigenvalue weighted by atomic mass is 16.5. The Labute approximate surface area is 134 Å². The van der Waals surface area contributed by atoms with Crippen molar-refractivity contribution in [2.75, 3.05) is 39.9 Å². The summed E-state index contributed by atoms with van der Waals surface area (Å²) < 4.78 is 4.95. The van der Waals surface area contributed by atoms with Crippen LogP contribution < -0.4 is 10.6 Å². The van der Waals surface area contributed by atoms with Gasteiger partial charge in [-0.25, -0.2) is 0 Å². The third-order valence-corrected chi connectivity index (χ3v) is 3.82. The Bertz CT molecular complexity index is 348. The van der Waals surface area contributed by atoms with Gasteiger partial charge in [0.15, 0.2) is 0 Å². The van der Waals surface area contributed by atoms with Crippen molar-refractivity contribution in [3.8, 4) is 0 Å². The van der Waals surface area contributed by atoms with Crippen LogP contribution in [0.1, 0.15) is 39.5 Å². The molecule has 0 aromatic rings. The average molecular weight is 313 g/mol. The summed E-state index contributed by atoms with van der Waals surface area (Å²) in [6.45, 7) is 7.58. The van der Waals surface area contributed by atoms with E-state index in [4.69, 9.17) is 4.74 Å². The molecule has 1 atom stereocenters. The van der Waals surface area contributed by atoms with E-state index in [1.807, 2.05) is 0 Å². The summed E-state index contributed by atoms with van der Waals surface area (Å²) in [5.41, 5.74) is 0. The van der Waals surface area contributed by atoms with E-state index in [-0.39, 0.29) is 17.9 Å². The van der Waals surface area contributed by atoms with Gasteiger partial charge in [0.2, 0.25) is 11.8 Å². The minimum absolute atomic E-state index is 0.0301. The molecule has 1 saturated heterocycles. The monoisotopic (exact) mass is 313 g/mol. The minimum atomic E-state index is -0.327. The maximum atomic E-state index is 12.5. The molecule has 1 rings (SSSR count). The summed E-state index contributed by atoms with van der Waals surface area (Å²) in [6, 6.07) is -0.327. The zero-order chi connectivity index (χ0) is 16.4. The largest absolute Gasteiger partial charge is 0.383 e. The van der Waals surface area contributed by atoms with Gasteiger partial charge in [0, 0.05) is 39.7 Å². The van der Waals surface area contributed by atoms with Crippen LogP contribution >= 0.6 is 0 Å². The van der Waals surface area contributed by atoms with Crippen LogP contribution in [0, 0.1) is 5.92 Å². The lowest BCUT2D eigenvalue weighted by Crippen LogP contribution is -2.52. The van der Waals surface area contributed by atoms with Crippen molar-refractivity contribution in [1.82, 2.24) is 15.5 Å². The number of piperidine rings is 1. The smallest absolute Gasteiger partial charge is 0.242 e. The maximum absolute atomic E-state index is 12.5. The van der Waals surface area contributed by atoms with Crippen molar-refractivity contribution < 1.29 is 14.3 Å². The van der Waals surface area contributed by atoms with Crippen LogP contribution in [0.25, 0.3) is 0 Å². The minimum Gasteiger partial charge on any atom is -0.383 e. The summed E-state index contributed by atoms with van der Waals surface area (Å²) in [7, 11) is 1.66. The van der Waals surface area contributed by atoms with E-state index in [2.05, 4.69) is 24.5 Å². The second kappa shape index (κ2) is 10.6. The third-order valence-electron chi connectivity index (χ3n) is 3.82. The lowest BCUT2D eigenvalue weighted by atomic mass is 9.98. The first kappa shape index (κ1) is 18.9. The fraction of sp³-hybridized carbons (Fsp3) is 0.875. The van der Waals surface area contributed by atoms with Crippen molar-refractivity contribution in [1.29, 1.82) is 0 Å². The molecule has 2 N–H and O–H groups in total. The Morgan fingerprint density at radius 1 is 1.27 bits per heavy atom. The molecule has 1 heterocycles. The van der Waals surface area contributed by atoms with E-state index in [1.165, 1.54) is 0 Å². The van der Waals surface area contributed by atoms with E-state index in [0.717, 1.165) is 19.4 Å². The summed E-state index contributed by atoms with van der Waals surface area (Å²) in [5.74, 6) is 0.466. The number of ether oxygens (including phenoxy) is 1. The van der Waals surface area contributed by atoms with Gasteiger partial charge in [-0.1, -0.05) is 13.8 Å². The number of carbonyl (C=O) groups is 2. The molecule has 6 heteroatoms. The van der Waals surface area contributed by atoms with E-state index >= 15 is 0 Å². The molecule has 0 aromatic heterocycles. The molecular weight excluding hydrogens is 282 g/mol.